The fraction of sp³-hybridized carbons (Fsp3) is 0.0909. The summed E-state index contributed by atoms with van der Waals surface area (Å²) in [4.78, 5) is 11.9. The number of para-hydroxylation sites is 1. The zero-order valence-corrected chi connectivity index (χ0v) is 27.4. The van der Waals surface area contributed by atoms with E-state index in [4.69, 9.17) is 14.4 Å². The highest BCUT2D eigenvalue weighted by Crippen LogP contribution is 2.49. The first-order valence-corrected chi connectivity index (χ1v) is 17.9. The molecule has 11 rings (SSSR count). The number of furan rings is 1. The van der Waals surface area contributed by atoms with Crippen LogP contribution in [0.15, 0.2) is 126 Å². The van der Waals surface area contributed by atoms with Crippen LogP contribution < -0.4 is 0 Å². The summed E-state index contributed by atoms with van der Waals surface area (Å²) in [5.41, 5.74) is 8.68. The summed E-state index contributed by atoms with van der Waals surface area (Å²) in [7, 11) is 0. The first kappa shape index (κ1) is 27.2. The van der Waals surface area contributed by atoms with E-state index in [0.29, 0.717) is 11.5 Å². The minimum atomic E-state index is 0.600. The number of hydrogen-bond acceptors (Lipinski definition) is 4. The lowest BCUT2D eigenvalue weighted by atomic mass is 9.95. The second-order valence-electron chi connectivity index (χ2n) is 13.1. The lowest BCUT2D eigenvalue weighted by Gasteiger charge is -2.13. The number of nitrogens with zero attached hydrogens (tertiary/aromatic N) is 3. The van der Waals surface area contributed by atoms with Crippen LogP contribution in [0.25, 0.3) is 93.6 Å². The van der Waals surface area contributed by atoms with E-state index >= 15 is 0 Å². The van der Waals surface area contributed by atoms with Crippen LogP contribution >= 0.6 is 11.3 Å². The molecule has 0 amide bonds. The van der Waals surface area contributed by atoms with E-state index in [-0.39, 0.29) is 0 Å². The minimum Gasteiger partial charge on any atom is -0.437 e. The van der Waals surface area contributed by atoms with Gasteiger partial charge >= 0.3 is 0 Å². The van der Waals surface area contributed by atoms with E-state index in [9.17, 15) is 0 Å². The van der Waals surface area contributed by atoms with E-state index in [1.54, 1.807) is 0 Å². The Labute approximate surface area is 285 Å². The summed E-state index contributed by atoms with van der Waals surface area (Å²) < 4.78 is 10.5. The summed E-state index contributed by atoms with van der Waals surface area (Å²) in [6.07, 6.45) is 15.4. The molecule has 0 spiro atoms. The number of aryl methyl sites for hydroxylation is 1. The molecular formula is C44H29N3OS. The van der Waals surface area contributed by atoms with Crippen molar-refractivity contribution in [1.82, 2.24) is 14.5 Å². The topological polar surface area (TPSA) is 43.9 Å². The molecule has 5 heteroatoms. The molecule has 232 valence electrons. The van der Waals surface area contributed by atoms with Gasteiger partial charge in [-0.05, 0) is 66.7 Å². The van der Waals surface area contributed by atoms with Crippen LogP contribution in [0.3, 0.4) is 0 Å². The summed E-state index contributed by atoms with van der Waals surface area (Å²) in [5.74, 6) is 1.49. The first-order valence-electron chi connectivity index (χ1n) is 17.0. The summed E-state index contributed by atoms with van der Waals surface area (Å²) in [5, 5.41) is 8.39. The SMILES string of the molecule is C1=CCCC(c2ccc3c(c2)oc2nc(-c4ccccc4)nc(-n4c5ccccc5c5c6c7c(sc6c6ccccc6c54)C=CCC7)c23)=C1. The Kier molecular flexibility index (Phi) is 5.75. The molecule has 49 heavy (non-hydrogen) atoms. The van der Waals surface area contributed by atoms with Gasteiger partial charge in [0.2, 0.25) is 5.71 Å². The molecule has 4 aromatic heterocycles. The average molecular weight is 648 g/mol. The molecule has 2 aliphatic carbocycles. The molecule has 0 saturated carbocycles. The predicted octanol–water partition coefficient (Wildman–Crippen LogP) is 12.2. The van der Waals surface area contributed by atoms with Crippen molar-refractivity contribution in [2.24, 2.45) is 0 Å². The molecule has 0 saturated heterocycles. The molecule has 0 fully saturated rings. The Hall–Kier alpha value is -5.78. The number of rotatable bonds is 3. The van der Waals surface area contributed by atoms with Crippen LogP contribution in [0.1, 0.15) is 35.3 Å². The van der Waals surface area contributed by atoms with Gasteiger partial charge in [-0.1, -0.05) is 103 Å². The monoisotopic (exact) mass is 647 g/mol. The molecule has 0 radical (unpaired) electrons. The molecule has 9 aromatic rings. The Bertz CT molecular complexity index is 2930. The third-order valence-corrected chi connectivity index (χ3v) is 11.6. The Morgan fingerprint density at radius 3 is 2.37 bits per heavy atom. The maximum atomic E-state index is 6.71. The number of fused-ring (bicyclic) bond motifs is 13. The maximum absolute atomic E-state index is 6.71. The maximum Gasteiger partial charge on any atom is 0.233 e. The van der Waals surface area contributed by atoms with Gasteiger partial charge in [0.05, 0.1) is 16.4 Å². The number of benzene rings is 5. The van der Waals surface area contributed by atoms with Gasteiger partial charge in [-0.15, -0.1) is 11.3 Å². The average Bonchev–Trinajstić information content (AvgIpc) is 3.85. The molecule has 4 heterocycles. The minimum absolute atomic E-state index is 0.600. The molecular weight excluding hydrogens is 619 g/mol. The molecule has 0 N–H and O–H groups in total. The van der Waals surface area contributed by atoms with Crippen molar-refractivity contribution in [3.05, 3.63) is 137 Å². The Balaban J connectivity index is 1.33. The summed E-state index contributed by atoms with van der Waals surface area (Å²) in [6, 6.07) is 34.6. The summed E-state index contributed by atoms with van der Waals surface area (Å²) in [6.45, 7) is 0. The van der Waals surface area contributed by atoms with Crippen LogP contribution in [0, 0.1) is 0 Å². The quantitative estimate of drug-likeness (QED) is 0.192. The second kappa shape index (κ2) is 10.4. The van der Waals surface area contributed by atoms with Crippen molar-refractivity contribution in [1.29, 1.82) is 0 Å². The van der Waals surface area contributed by atoms with Crippen LogP contribution in [0.5, 0.6) is 0 Å². The standard InChI is InChI=1S/C44H29N3OS/c1-3-13-26(14-4-1)28-23-24-32-35(25-28)48-44-39(32)43(45-42(46-44)27-15-5-2-6-16-27)47-34-21-11-9-19-31(34)37-38-33-20-10-12-22-36(33)49-41(38)30-18-8-7-17-29(30)40(37)47/h1-3,5-9,11-13,15-19,21-25H,4,10,14,20H2. The second-order valence-corrected chi connectivity index (χ2v) is 14.2. The molecule has 0 atom stereocenters. The molecule has 0 aliphatic heterocycles. The molecule has 0 unspecified atom stereocenters. The zero-order chi connectivity index (χ0) is 32.1. The van der Waals surface area contributed by atoms with Crippen molar-refractivity contribution < 1.29 is 4.42 Å². The van der Waals surface area contributed by atoms with Crippen molar-refractivity contribution in [2.75, 3.05) is 0 Å². The van der Waals surface area contributed by atoms with Gasteiger partial charge in [-0.25, -0.2) is 4.98 Å². The number of aromatic nitrogens is 3. The lowest BCUT2D eigenvalue weighted by Crippen LogP contribution is -2.02. The van der Waals surface area contributed by atoms with Crippen LogP contribution in [0.2, 0.25) is 0 Å². The molecule has 0 bridgehead atoms. The summed E-state index contributed by atoms with van der Waals surface area (Å²) >= 11 is 1.93. The smallest absolute Gasteiger partial charge is 0.233 e. The van der Waals surface area contributed by atoms with E-state index in [2.05, 4.69) is 114 Å². The Morgan fingerprint density at radius 2 is 1.49 bits per heavy atom. The van der Waals surface area contributed by atoms with Crippen molar-refractivity contribution in [2.45, 2.75) is 25.7 Å². The van der Waals surface area contributed by atoms with Gasteiger partial charge in [-0.3, -0.25) is 4.57 Å². The molecule has 4 nitrogen and oxygen atoms in total. The number of thiophene rings is 1. The van der Waals surface area contributed by atoms with Crippen molar-refractivity contribution >= 4 is 87.7 Å². The third kappa shape index (κ3) is 3.91. The molecule has 5 aromatic carbocycles. The number of allylic oxidation sites excluding steroid dienone is 5. The van der Waals surface area contributed by atoms with Gasteiger partial charge in [0, 0.05) is 47.5 Å². The van der Waals surface area contributed by atoms with Crippen LogP contribution in [0.4, 0.5) is 0 Å². The Morgan fingerprint density at radius 1 is 0.673 bits per heavy atom. The normalized spacial score (nSPS) is 14.6. The van der Waals surface area contributed by atoms with Gasteiger partial charge in [0.15, 0.2) is 11.6 Å². The van der Waals surface area contributed by atoms with E-state index in [1.165, 1.54) is 58.7 Å². The van der Waals surface area contributed by atoms with E-state index in [1.807, 2.05) is 29.5 Å². The van der Waals surface area contributed by atoms with Crippen molar-refractivity contribution in [3.63, 3.8) is 0 Å². The van der Waals surface area contributed by atoms with Gasteiger partial charge in [0.25, 0.3) is 0 Å². The fourth-order valence-electron chi connectivity index (χ4n) is 8.17. The van der Waals surface area contributed by atoms with E-state index in [0.717, 1.165) is 58.9 Å². The largest absolute Gasteiger partial charge is 0.437 e. The third-order valence-electron chi connectivity index (χ3n) is 10.4. The highest BCUT2D eigenvalue weighted by Gasteiger charge is 2.27. The van der Waals surface area contributed by atoms with Crippen molar-refractivity contribution in [3.8, 4) is 17.2 Å². The van der Waals surface area contributed by atoms with Gasteiger partial charge in [0.1, 0.15) is 5.58 Å². The number of hydrogen-bond donors (Lipinski definition) is 0. The zero-order valence-electron chi connectivity index (χ0n) is 26.6. The lowest BCUT2D eigenvalue weighted by molar-refractivity contribution is 0.653. The first-order chi connectivity index (χ1) is 24.3. The van der Waals surface area contributed by atoms with Gasteiger partial charge < -0.3 is 4.42 Å². The van der Waals surface area contributed by atoms with E-state index < -0.39 is 0 Å². The fourth-order valence-corrected chi connectivity index (χ4v) is 9.50. The van der Waals surface area contributed by atoms with Gasteiger partial charge in [-0.2, -0.15) is 4.98 Å². The van der Waals surface area contributed by atoms with Crippen LogP contribution in [-0.2, 0) is 6.42 Å². The van der Waals surface area contributed by atoms with Crippen LogP contribution in [-0.4, -0.2) is 14.5 Å². The molecule has 2 aliphatic rings. The highest BCUT2D eigenvalue weighted by atomic mass is 32.1. The highest BCUT2D eigenvalue weighted by molar-refractivity contribution is 7.21. The predicted molar refractivity (Wildman–Crippen MR) is 206 cm³/mol.